The van der Waals surface area contributed by atoms with E-state index in [9.17, 15) is 18.0 Å². The molecule has 2 heterocycles. The molecule has 0 spiro atoms. The molecule has 1 aliphatic heterocycles. The molecule has 1 aliphatic rings. The predicted molar refractivity (Wildman–Crippen MR) is 124 cm³/mol. The van der Waals surface area contributed by atoms with Gasteiger partial charge in [0, 0.05) is 50.9 Å². The largest absolute Gasteiger partial charge is 0.415 e. The van der Waals surface area contributed by atoms with E-state index in [0.29, 0.717) is 25.3 Å². The van der Waals surface area contributed by atoms with Crippen molar-refractivity contribution in [2.24, 2.45) is 0 Å². The highest BCUT2D eigenvalue weighted by Gasteiger charge is 2.19. The maximum atomic E-state index is 14.9. The van der Waals surface area contributed by atoms with Crippen molar-refractivity contribution in [2.45, 2.75) is 13.0 Å². The zero-order valence-electron chi connectivity index (χ0n) is 19.2. The first-order valence-corrected chi connectivity index (χ1v) is 11.2. The molecule has 0 N–H and O–H groups in total. The standard InChI is InChI=1S/C24H26F3N5O3/c1-30(15-18-7-6-17(14-19(18)25)23-28-29-24(35-23)22(26)27)20-4-2-3-5-21(20)32(16-33)9-8-31-10-12-34-13-11-31/h2-7,14,16,22H,8-13,15H2,1H3. The molecule has 0 bridgehead atoms. The number of morpholine rings is 1. The molecule has 1 saturated heterocycles. The zero-order valence-corrected chi connectivity index (χ0v) is 19.2. The molecule has 0 unspecified atom stereocenters. The highest BCUT2D eigenvalue weighted by molar-refractivity contribution is 5.84. The fourth-order valence-electron chi connectivity index (χ4n) is 3.92. The van der Waals surface area contributed by atoms with Crippen LogP contribution in [0.3, 0.4) is 0 Å². The van der Waals surface area contributed by atoms with Gasteiger partial charge >= 0.3 is 6.43 Å². The van der Waals surface area contributed by atoms with Crippen molar-refractivity contribution < 1.29 is 27.1 Å². The summed E-state index contributed by atoms with van der Waals surface area (Å²) in [5, 5.41) is 6.83. The van der Waals surface area contributed by atoms with Crippen LogP contribution in [0.1, 0.15) is 17.9 Å². The van der Waals surface area contributed by atoms with Crippen LogP contribution in [0.5, 0.6) is 0 Å². The summed E-state index contributed by atoms with van der Waals surface area (Å²) in [5.74, 6) is -1.52. The Morgan fingerprint density at radius 3 is 2.51 bits per heavy atom. The number of ether oxygens (including phenoxy) is 1. The van der Waals surface area contributed by atoms with E-state index in [1.807, 2.05) is 36.2 Å². The number of rotatable bonds is 10. The van der Waals surface area contributed by atoms with Gasteiger partial charge in [-0.3, -0.25) is 9.69 Å². The first-order chi connectivity index (χ1) is 17.0. The number of amides is 1. The number of hydrogen-bond acceptors (Lipinski definition) is 7. The van der Waals surface area contributed by atoms with Gasteiger partial charge in [0.05, 0.1) is 24.6 Å². The molecule has 1 fully saturated rings. The second-order valence-electron chi connectivity index (χ2n) is 8.15. The summed E-state index contributed by atoms with van der Waals surface area (Å²) in [6, 6.07) is 11.7. The number of para-hydroxylation sites is 2. The van der Waals surface area contributed by atoms with Crippen molar-refractivity contribution in [2.75, 3.05) is 56.2 Å². The van der Waals surface area contributed by atoms with E-state index < -0.39 is 18.1 Å². The van der Waals surface area contributed by atoms with Gasteiger partial charge in [0.25, 0.3) is 5.89 Å². The summed E-state index contributed by atoms with van der Waals surface area (Å²) >= 11 is 0. The fraction of sp³-hybridized carbons (Fsp3) is 0.375. The van der Waals surface area contributed by atoms with Gasteiger partial charge in [0.15, 0.2) is 0 Å². The number of hydrogen-bond donors (Lipinski definition) is 0. The van der Waals surface area contributed by atoms with Crippen molar-refractivity contribution >= 4 is 17.8 Å². The molecule has 3 aromatic rings. The fourth-order valence-corrected chi connectivity index (χ4v) is 3.92. The van der Waals surface area contributed by atoms with E-state index in [2.05, 4.69) is 15.1 Å². The molecule has 1 aromatic heterocycles. The monoisotopic (exact) mass is 489 g/mol. The Balaban J connectivity index is 1.47. The van der Waals surface area contributed by atoms with Crippen molar-refractivity contribution in [3.8, 4) is 11.5 Å². The van der Waals surface area contributed by atoms with Crippen LogP contribution in [0, 0.1) is 5.82 Å². The quantitative estimate of drug-likeness (QED) is 0.402. The molecular formula is C24H26F3N5O3. The molecule has 4 rings (SSSR count). The third-order valence-corrected chi connectivity index (χ3v) is 5.83. The zero-order chi connectivity index (χ0) is 24.8. The Kier molecular flexibility index (Phi) is 7.98. The Labute approximate surface area is 200 Å². The van der Waals surface area contributed by atoms with Crippen LogP contribution < -0.4 is 9.80 Å². The molecule has 0 saturated carbocycles. The molecular weight excluding hydrogens is 463 g/mol. The first-order valence-electron chi connectivity index (χ1n) is 11.2. The molecule has 35 heavy (non-hydrogen) atoms. The van der Waals surface area contributed by atoms with E-state index in [0.717, 1.165) is 37.4 Å². The Morgan fingerprint density at radius 1 is 1.11 bits per heavy atom. The molecule has 0 atom stereocenters. The maximum absolute atomic E-state index is 14.9. The number of anilines is 2. The van der Waals surface area contributed by atoms with Crippen LogP contribution in [-0.2, 0) is 16.1 Å². The molecule has 186 valence electrons. The van der Waals surface area contributed by atoms with Gasteiger partial charge in [-0.2, -0.15) is 8.78 Å². The van der Waals surface area contributed by atoms with E-state index in [1.54, 1.807) is 17.0 Å². The summed E-state index contributed by atoms with van der Waals surface area (Å²) in [7, 11) is 1.81. The number of halogens is 3. The second kappa shape index (κ2) is 11.3. The smallest absolute Gasteiger partial charge is 0.314 e. The van der Waals surface area contributed by atoms with Crippen LogP contribution in [-0.4, -0.2) is 67.9 Å². The Hall–Kier alpha value is -3.44. The Morgan fingerprint density at radius 2 is 1.86 bits per heavy atom. The SMILES string of the molecule is CN(Cc1ccc(-c2nnc(C(F)F)o2)cc1F)c1ccccc1N(C=O)CCN1CCOCC1. The summed E-state index contributed by atoms with van der Waals surface area (Å²) in [6.45, 7) is 4.48. The van der Waals surface area contributed by atoms with E-state index in [4.69, 9.17) is 9.15 Å². The summed E-state index contributed by atoms with van der Waals surface area (Å²) in [4.78, 5) is 17.7. The Bertz CT molecular complexity index is 1140. The minimum Gasteiger partial charge on any atom is -0.415 e. The van der Waals surface area contributed by atoms with Crippen LogP contribution >= 0.6 is 0 Å². The highest BCUT2D eigenvalue weighted by atomic mass is 19.3. The number of aromatic nitrogens is 2. The predicted octanol–water partition coefficient (Wildman–Crippen LogP) is 3.74. The minimum absolute atomic E-state index is 0.175. The van der Waals surface area contributed by atoms with E-state index in [1.165, 1.54) is 6.07 Å². The van der Waals surface area contributed by atoms with Crippen LogP contribution in [0.4, 0.5) is 24.5 Å². The molecule has 8 nitrogen and oxygen atoms in total. The lowest BCUT2D eigenvalue weighted by atomic mass is 10.1. The van der Waals surface area contributed by atoms with E-state index in [-0.39, 0.29) is 18.0 Å². The molecule has 2 aromatic carbocycles. The lowest BCUT2D eigenvalue weighted by Gasteiger charge is -2.30. The first kappa shape index (κ1) is 24.7. The molecule has 0 radical (unpaired) electrons. The lowest BCUT2D eigenvalue weighted by Crippen LogP contribution is -2.41. The van der Waals surface area contributed by atoms with Crippen molar-refractivity contribution in [3.05, 3.63) is 59.7 Å². The van der Waals surface area contributed by atoms with Crippen molar-refractivity contribution in [1.82, 2.24) is 15.1 Å². The summed E-state index contributed by atoms with van der Waals surface area (Å²) in [6.07, 6.45) is -2.09. The summed E-state index contributed by atoms with van der Waals surface area (Å²) in [5.41, 5.74) is 2.08. The van der Waals surface area contributed by atoms with Gasteiger partial charge in [-0.1, -0.05) is 18.2 Å². The molecule has 0 aliphatic carbocycles. The van der Waals surface area contributed by atoms with Gasteiger partial charge in [-0.15, -0.1) is 10.2 Å². The second-order valence-corrected chi connectivity index (χ2v) is 8.15. The third-order valence-electron chi connectivity index (χ3n) is 5.83. The van der Waals surface area contributed by atoms with Crippen LogP contribution in [0.15, 0.2) is 46.9 Å². The minimum atomic E-state index is -2.89. The van der Waals surface area contributed by atoms with Gasteiger partial charge < -0.3 is 19.0 Å². The van der Waals surface area contributed by atoms with Gasteiger partial charge in [0.2, 0.25) is 12.3 Å². The number of carbonyl (C=O) groups excluding carboxylic acids is 1. The van der Waals surface area contributed by atoms with Gasteiger partial charge in [-0.05, 0) is 24.3 Å². The topological polar surface area (TPSA) is 74.9 Å². The van der Waals surface area contributed by atoms with E-state index >= 15 is 0 Å². The number of benzene rings is 2. The summed E-state index contributed by atoms with van der Waals surface area (Å²) < 4.78 is 50.5. The number of alkyl halides is 2. The average molecular weight is 489 g/mol. The van der Waals surface area contributed by atoms with Gasteiger partial charge in [0.1, 0.15) is 5.82 Å². The lowest BCUT2D eigenvalue weighted by molar-refractivity contribution is -0.107. The molecule has 11 heteroatoms. The number of carbonyl (C=O) groups is 1. The third kappa shape index (κ3) is 5.98. The maximum Gasteiger partial charge on any atom is 0.314 e. The van der Waals surface area contributed by atoms with Crippen LogP contribution in [0.25, 0.3) is 11.5 Å². The number of nitrogens with zero attached hydrogens (tertiary/aromatic N) is 5. The highest BCUT2D eigenvalue weighted by Crippen LogP contribution is 2.30. The van der Waals surface area contributed by atoms with Crippen LogP contribution in [0.2, 0.25) is 0 Å². The van der Waals surface area contributed by atoms with Gasteiger partial charge in [-0.25, -0.2) is 4.39 Å². The molecule has 1 amide bonds. The average Bonchev–Trinajstić information content (AvgIpc) is 3.37. The van der Waals surface area contributed by atoms with Crippen molar-refractivity contribution in [3.63, 3.8) is 0 Å². The van der Waals surface area contributed by atoms with Crippen molar-refractivity contribution in [1.29, 1.82) is 0 Å². The normalized spacial score (nSPS) is 14.3.